The molecule has 3 aromatic rings. The molecule has 0 aliphatic heterocycles. The number of benzene rings is 2. The summed E-state index contributed by atoms with van der Waals surface area (Å²) < 4.78 is 2.21. The minimum absolute atomic E-state index is 0.00325. The first-order chi connectivity index (χ1) is 13.7. The highest BCUT2D eigenvalue weighted by molar-refractivity contribution is 5.80. The molecular weight excluding hydrogens is 350 g/mol. The number of aliphatic hydroxyl groups excluding tert-OH is 1. The van der Waals surface area contributed by atoms with Crippen molar-refractivity contribution in [3.8, 4) is 0 Å². The SMILES string of the molecule is CCNC(=NCC(CO)c1ccccc1)NCCn1c(C)nc2ccccc21. The first kappa shape index (κ1) is 19.9. The second-order valence-electron chi connectivity index (χ2n) is 6.74. The van der Waals surface area contributed by atoms with Crippen LogP contribution in [0.5, 0.6) is 0 Å². The summed E-state index contributed by atoms with van der Waals surface area (Å²) >= 11 is 0. The molecule has 0 aliphatic rings. The lowest BCUT2D eigenvalue weighted by atomic mass is 10.0. The van der Waals surface area contributed by atoms with Crippen molar-refractivity contribution >= 4 is 17.0 Å². The van der Waals surface area contributed by atoms with Gasteiger partial charge >= 0.3 is 0 Å². The maximum Gasteiger partial charge on any atom is 0.191 e. The van der Waals surface area contributed by atoms with Crippen LogP contribution in [0.1, 0.15) is 24.2 Å². The molecule has 3 rings (SSSR count). The topological polar surface area (TPSA) is 74.5 Å². The average molecular weight is 380 g/mol. The standard InChI is InChI=1S/C22H29N5O/c1-3-23-22(25-15-19(16-28)18-9-5-4-6-10-18)24-13-14-27-17(2)26-20-11-7-8-12-21(20)27/h4-12,19,28H,3,13-16H2,1-2H3,(H2,23,24,25). The van der Waals surface area contributed by atoms with Crippen LogP contribution in [0.3, 0.4) is 0 Å². The van der Waals surface area contributed by atoms with Crippen LogP contribution in [0.25, 0.3) is 11.0 Å². The zero-order chi connectivity index (χ0) is 19.8. The third-order valence-electron chi connectivity index (χ3n) is 4.78. The number of imidazole rings is 1. The van der Waals surface area contributed by atoms with Crippen LogP contribution in [-0.2, 0) is 6.54 Å². The smallest absolute Gasteiger partial charge is 0.191 e. The summed E-state index contributed by atoms with van der Waals surface area (Å²) in [7, 11) is 0. The molecule has 28 heavy (non-hydrogen) atoms. The van der Waals surface area contributed by atoms with Gasteiger partial charge in [0.25, 0.3) is 0 Å². The molecule has 0 bridgehead atoms. The molecule has 3 N–H and O–H groups in total. The van der Waals surface area contributed by atoms with Gasteiger partial charge in [0.1, 0.15) is 5.82 Å². The van der Waals surface area contributed by atoms with Gasteiger partial charge in [0.2, 0.25) is 0 Å². The maximum absolute atomic E-state index is 9.73. The predicted molar refractivity (Wildman–Crippen MR) is 115 cm³/mol. The summed E-state index contributed by atoms with van der Waals surface area (Å²) in [5, 5.41) is 16.4. The van der Waals surface area contributed by atoms with E-state index in [1.54, 1.807) is 0 Å². The van der Waals surface area contributed by atoms with Crippen LogP contribution in [-0.4, -0.2) is 46.9 Å². The largest absolute Gasteiger partial charge is 0.396 e. The van der Waals surface area contributed by atoms with Crippen molar-refractivity contribution in [2.75, 3.05) is 26.2 Å². The van der Waals surface area contributed by atoms with Crippen molar-refractivity contribution in [2.45, 2.75) is 26.3 Å². The molecule has 0 amide bonds. The lowest BCUT2D eigenvalue weighted by molar-refractivity contribution is 0.268. The summed E-state index contributed by atoms with van der Waals surface area (Å²) in [6, 6.07) is 18.2. The van der Waals surface area contributed by atoms with Crippen molar-refractivity contribution < 1.29 is 5.11 Å². The number of guanidine groups is 1. The number of nitrogens with one attached hydrogen (secondary N) is 2. The molecule has 1 heterocycles. The Morgan fingerprint density at radius 3 is 2.61 bits per heavy atom. The number of hydrogen-bond acceptors (Lipinski definition) is 3. The van der Waals surface area contributed by atoms with E-state index in [1.807, 2.05) is 62.4 Å². The minimum atomic E-state index is -0.00325. The number of aromatic nitrogens is 2. The maximum atomic E-state index is 9.73. The molecular formula is C22H29N5O. The van der Waals surface area contributed by atoms with Crippen LogP contribution in [0.4, 0.5) is 0 Å². The Kier molecular flexibility index (Phi) is 7.03. The van der Waals surface area contributed by atoms with Gasteiger partial charge in [0.15, 0.2) is 5.96 Å². The third kappa shape index (κ3) is 4.89. The van der Waals surface area contributed by atoms with E-state index in [0.29, 0.717) is 6.54 Å². The van der Waals surface area contributed by atoms with E-state index in [4.69, 9.17) is 0 Å². The van der Waals surface area contributed by atoms with Gasteiger partial charge in [0, 0.05) is 25.6 Å². The Labute approximate surface area is 166 Å². The van der Waals surface area contributed by atoms with Gasteiger partial charge in [-0.05, 0) is 31.5 Å². The van der Waals surface area contributed by atoms with E-state index in [0.717, 1.165) is 48.0 Å². The van der Waals surface area contributed by atoms with Gasteiger partial charge in [-0.1, -0.05) is 42.5 Å². The van der Waals surface area contributed by atoms with E-state index in [9.17, 15) is 5.11 Å². The molecule has 6 nitrogen and oxygen atoms in total. The number of rotatable bonds is 8. The summed E-state index contributed by atoms with van der Waals surface area (Å²) in [4.78, 5) is 9.29. The lowest BCUT2D eigenvalue weighted by Gasteiger charge is -2.16. The fourth-order valence-electron chi connectivity index (χ4n) is 3.30. The van der Waals surface area contributed by atoms with Crippen molar-refractivity contribution in [3.05, 3.63) is 66.0 Å². The van der Waals surface area contributed by atoms with Crippen LogP contribution < -0.4 is 10.6 Å². The highest BCUT2D eigenvalue weighted by Gasteiger charge is 2.10. The second-order valence-corrected chi connectivity index (χ2v) is 6.74. The monoisotopic (exact) mass is 379 g/mol. The lowest BCUT2D eigenvalue weighted by Crippen LogP contribution is -2.39. The van der Waals surface area contributed by atoms with Gasteiger partial charge in [-0.3, -0.25) is 4.99 Å². The zero-order valence-corrected chi connectivity index (χ0v) is 16.6. The normalized spacial score (nSPS) is 12.9. The average Bonchev–Trinajstić information content (AvgIpc) is 3.04. The number of nitrogens with zero attached hydrogens (tertiary/aromatic N) is 3. The fraction of sp³-hybridized carbons (Fsp3) is 0.364. The molecule has 148 valence electrons. The van der Waals surface area contributed by atoms with Gasteiger partial charge < -0.3 is 20.3 Å². The van der Waals surface area contributed by atoms with E-state index in [-0.39, 0.29) is 12.5 Å². The molecule has 6 heteroatoms. The number of hydrogen-bond donors (Lipinski definition) is 3. The number of para-hydroxylation sites is 2. The first-order valence-electron chi connectivity index (χ1n) is 9.82. The predicted octanol–water partition coefficient (Wildman–Crippen LogP) is 2.68. The van der Waals surface area contributed by atoms with Crippen LogP contribution in [0, 0.1) is 6.92 Å². The Hall–Kier alpha value is -2.86. The van der Waals surface area contributed by atoms with Gasteiger partial charge in [-0.15, -0.1) is 0 Å². The number of fused-ring (bicyclic) bond motifs is 1. The van der Waals surface area contributed by atoms with Crippen molar-refractivity contribution in [2.24, 2.45) is 4.99 Å². The zero-order valence-electron chi connectivity index (χ0n) is 16.6. The van der Waals surface area contributed by atoms with Crippen molar-refractivity contribution in [1.29, 1.82) is 0 Å². The quantitative estimate of drug-likeness (QED) is 0.416. The van der Waals surface area contributed by atoms with Gasteiger partial charge in [0.05, 0.1) is 24.2 Å². The van der Waals surface area contributed by atoms with Gasteiger partial charge in [-0.2, -0.15) is 0 Å². The number of aryl methyl sites for hydroxylation is 1. The molecule has 1 aromatic heterocycles. The van der Waals surface area contributed by atoms with Crippen LogP contribution >= 0.6 is 0 Å². The summed E-state index contributed by atoms with van der Waals surface area (Å²) in [6.07, 6.45) is 0. The highest BCUT2D eigenvalue weighted by Crippen LogP contribution is 2.16. The third-order valence-corrected chi connectivity index (χ3v) is 4.78. The van der Waals surface area contributed by atoms with E-state index in [2.05, 4.69) is 31.2 Å². The second kappa shape index (κ2) is 9.90. The molecule has 0 aliphatic carbocycles. The van der Waals surface area contributed by atoms with Crippen LogP contribution in [0.2, 0.25) is 0 Å². The van der Waals surface area contributed by atoms with E-state index >= 15 is 0 Å². The molecule has 1 atom stereocenters. The molecule has 0 saturated heterocycles. The Balaban J connectivity index is 1.62. The molecule has 0 fully saturated rings. The first-order valence-corrected chi connectivity index (χ1v) is 9.82. The Morgan fingerprint density at radius 2 is 1.86 bits per heavy atom. The molecule has 2 aromatic carbocycles. The molecule has 0 spiro atoms. The summed E-state index contributed by atoms with van der Waals surface area (Å²) in [6.45, 7) is 7.02. The molecule has 0 radical (unpaired) electrons. The molecule has 1 unspecified atom stereocenters. The van der Waals surface area contributed by atoms with Gasteiger partial charge in [-0.25, -0.2) is 4.98 Å². The fourth-order valence-corrected chi connectivity index (χ4v) is 3.30. The summed E-state index contributed by atoms with van der Waals surface area (Å²) in [5.41, 5.74) is 3.27. The minimum Gasteiger partial charge on any atom is -0.396 e. The molecule has 0 saturated carbocycles. The number of aliphatic imine (C=N–C) groups is 1. The Bertz CT molecular complexity index is 904. The summed E-state index contributed by atoms with van der Waals surface area (Å²) in [5.74, 6) is 1.77. The highest BCUT2D eigenvalue weighted by atomic mass is 16.3. The Morgan fingerprint density at radius 1 is 1.11 bits per heavy atom. The van der Waals surface area contributed by atoms with Crippen LogP contribution in [0.15, 0.2) is 59.6 Å². The van der Waals surface area contributed by atoms with Crippen molar-refractivity contribution in [3.63, 3.8) is 0 Å². The van der Waals surface area contributed by atoms with E-state index in [1.165, 1.54) is 0 Å². The van der Waals surface area contributed by atoms with E-state index < -0.39 is 0 Å². The number of aliphatic hydroxyl groups is 1. The van der Waals surface area contributed by atoms with Crippen molar-refractivity contribution in [1.82, 2.24) is 20.2 Å².